The first-order valence-electron chi connectivity index (χ1n) is 4.16. The maximum Gasteiger partial charge on any atom is 0.230 e. The number of ether oxygens (including phenoxy) is 1. The molecule has 2 rings (SSSR count). The number of likely N-dealkylation sites (tertiary alicyclic amines) is 1. The van der Waals surface area contributed by atoms with E-state index < -0.39 is 0 Å². The van der Waals surface area contributed by atoms with Crippen LogP contribution in [-0.2, 0) is 14.3 Å². The van der Waals surface area contributed by atoms with E-state index in [4.69, 9.17) is 4.74 Å². The predicted octanol–water partition coefficient (Wildman–Crippen LogP) is -0.423. The topological polar surface area (TPSA) is 46.6 Å². The number of amides is 1. The van der Waals surface area contributed by atoms with Gasteiger partial charge in [0.05, 0.1) is 25.6 Å². The fourth-order valence-corrected chi connectivity index (χ4v) is 1.70. The molecule has 0 bridgehead atoms. The van der Waals surface area contributed by atoms with Crippen LogP contribution in [0.3, 0.4) is 0 Å². The standard InChI is InChI=1S/C8H11NO3/c10-7-3-8(11)9(4-7)6-1-2-12-5-6/h6H,1-5H2/t6-/m1/s1. The van der Waals surface area contributed by atoms with Gasteiger partial charge in [0.25, 0.3) is 0 Å². The van der Waals surface area contributed by atoms with E-state index >= 15 is 0 Å². The summed E-state index contributed by atoms with van der Waals surface area (Å²) in [6, 6.07) is 0.156. The molecule has 4 heteroatoms. The summed E-state index contributed by atoms with van der Waals surface area (Å²) in [5, 5.41) is 0. The first-order chi connectivity index (χ1) is 5.77. The van der Waals surface area contributed by atoms with Crippen LogP contribution < -0.4 is 0 Å². The van der Waals surface area contributed by atoms with Gasteiger partial charge in [0.15, 0.2) is 5.78 Å². The number of rotatable bonds is 1. The van der Waals surface area contributed by atoms with Crippen molar-refractivity contribution in [1.82, 2.24) is 4.90 Å². The zero-order valence-corrected chi connectivity index (χ0v) is 6.78. The van der Waals surface area contributed by atoms with Gasteiger partial charge in [-0.3, -0.25) is 9.59 Å². The minimum absolute atomic E-state index is 0.0319. The monoisotopic (exact) mass is 169 g/mol. The predicted molar refractivity (Wildman–Crippen MR) is 40.6 cm³/mol. The van der Waals surface area contributed by atoms with Crippen molar-refractivity contribution in [1.29, 1.82) is 0 Å². The summed E-state index contributed by atoms with van der Waals surface area (Å²) in [5.41, 5.74) is 0. The van der Waals surface area contributed by atoms with E-state index in [1.807, 2.05) is 0 Å². The normalized spacial score (nSPS) is 30.3. The smallest absolute Gasteiger partial charge is 0.230 e. The van der Waals surface area contributed by atoms with Crippen LogP contribution in [0.25, 0.3) is 0 Å². The van der Waals surface area contributed by atoms with Gasteiger partial charge < -0.3 is 9.64 Å². The molecule has 12 heavy (non-hydrogen) atoms. The van der Waals surface area contributed by atoms with E-state index in [0.717, 1.165) is 6.42 Å². The largest absolute Gasteiger partial charge is 0.379 e. The van der Waals surface area contributed by atoms with Crippen molar-refractivity contribution in [3.63, 3.8) is 0 Å². The lowest BCUT2D eigenvalue weighted by Gasteiger charge is -2.20. The van der Waals surface area contributed by atoms with E-state index in [1.165, 1.54) is 0 Å². The molecule has 0 unspecified atom stereocenters. The van der Waals surface area contributed by atoms with Crippen molar-refractivity contribution in [2.24, 2.45) is 0 Å². The van der Waals surface area contributed by atoms with Gasteiger partial charge >= 0.3 is 0 Å². The molecule has 2 heterocycles. The Kier molecular flexibility index (Phi) is 1.84. The highest BCUT2D eigenvalue weighted by Crippen LogP contribution is 2.17. The molecule has 0 N–H and O–H groups in total. The Hall–Kier alpha value is -0.900. The van der Waals surface area contributed by atoms with Gasteiger partial charge in [0.2, 0.25) is 5.91 Å². The Balaban J connectivity index is 2.03. The maximum atomic E-state index is 11.2. The Morgan fingerprint density at radius 3 is 2.75 bits per heavy atom. The van der Waals surface area contributed by atoms with Gasteiger partial charge in [-0.1, -0.05) is 0 Å². The molecule has 0 spiro atoms. The van der Waals surface area contributed by atoms with E-state index in [-0.39, 0.29) is 24.2 Å². The minimum atomic E-state index is -0.0319. The van der Waals surface area contributed by atoms with Gasteiger partial charge in [-0.2, -0.15) is 0 Å². The fourth-order valence-electron chi connectivity index (χ4n) is 1.70. The summed E-state index contributed by atoms with van der Waals surface area (Å²) in [6.45, 7) is 1.61. The third-order valence-corrected chi connectivity index (χ3v) is 2.36. The number of hydrogen-bond acceptors (Lipinski definition) is 3. The highest BCUT2D eigenvalue weighted by atomic mass is 16.5. The third-order valence-electron chi connectivity index (χ3n) is 2.36. The molecule has 0 aromatic carbocycles. The molecule has 2 aliphatic heterocycles. The van der Waals surface area contributed by atoms with Crippen molar-refractivity contribution >= 4 is 11.7 Å². The summed E-state index contributed by atoms with van der Waals surface area (Å²) < 4.78 is 5.15. The first kappa shape index (κ1) is 7.73. The van der Waals surface area contributed by atoms with Crippen molar-refractivity contribution in [3.8, 4) is 0 Å². The Morgan fingerprint density at radius 2 is 2.25 bits per heavy atom. The van der Waals surface area contributed by atoms with Gasteiger partial charge in [0.1, 0.15) is 0 Å². The van der Waals surface area contributed by atoms with Crippen molar-refractivity contribution in [2.75, 3.05) is 19.8 Å². The summed E-state index contributed by atoms with van der Waals surface area (Å²) in [6.07, 6.45) is 0.968. The summed E-state index contributed by atoms with van der Waals surface area (Å²) in [7, 11) is 0. The molecule has 0 aromatic rings. The van der Waals surface area contributed by atoms with Gasteiger partial charge in [-0.15, -0.1) is 0 Å². The molecule has 0 radical (unpaired) electrons. The van der Waals surface area contributed by atoms with E-state index in [9.17, 15) is 9.59 Å². The van der Waals surface area contributed by atoms with Crippen LogP contribution in [0.5, 0.6) is 0 Å². The van der Waals surface area contributed by atoms with Crippen LogP contribution in [0, 0.1) is 0 Å². The van der Waals surface area contributed by atoms with Gasteiger partial charge in [-0.05, 0) is 6.42 Å². The number of hydrogen-bond donors (Lipinski definition) is 0. The molecular weight excluding hydrogens is 158 g/mol. The molecule has 1 atom stereocenters. The van der Waals surface area contributed by atoms with Crippen LogP contribution in [-0.4, -0.2) is 42.4 Å². The van der Waals surface area contributed by atoms with Crippen molar-refractivity contribution < 1.29 is 14.3 Å². The minimum Gasteiger partial charge on any atom is -0.379 e. The number of nitrogens with zero attached hydrogens (tertiary/aromatic N) is 1. The molecule has 0 saturated carbocycles. The Labute approximate surface area is 70.5 Å². The quantitative estimate of drug-likeness (QED) is 0.501. The van der Waals surface area contributed by atoms with E-state index in [2.05, 4.69) is 0 Å². The van der Waals surface area contributed by atoms with Crippen LogP contribution >= 0.6 is 0 Å². The lowest BCUT2D eigenvalue weighted by Crippen LogP contribution is -2.36. The molecular formula is C8H11NO3. The number of ketones is 1. The van der Waals surface area contributed by atoms with Gasteiger partial charge in [-0.25, -0.2) is 0 Å². The number of carbonyl (C=O) groups excluding carboxylic acids is 2. The molecule has 2 saturated heterocycles. The lowest BCUT2D eigenvalue weighted by atomic mass is 10.2. The molecule has 1 amide bonds. The summed E-state index contributed by atoms with van der Waals surface area (Å²) in [5.74, 6) is 0.00222. The lowest BCUT2D eigenvalue weighted by molar-refractivity contribution is -0.129. The van der Waals surface area contributed by atoms with Gasteiger partial charge in [0, 0.05) is 6.61 Å². The summed E-state index contributed by atoms with van der Waals surface area (Å²) >= 11 is 0. The molecule has 0 aliphatic carbocycles. The van der Waals surface area contributed by atoms with Crippen molar-refractivity contribution in [2.45, 2.75) is 18.9 Å². The summed E-state index contributed by atoms with van der Waals surface area (Å²) in [4.78, 5) is 23.8. The van der Waals surface area contributed by atoms with Crippen LogP contribution in [0.2, 0.25) is 0 Å². The molecule has 66 valence electrons. The second kappa shape index (κ2) is 2.86. The fraction of sp³-hybridized carbons (Fsp3) is 0.750. The third kappa shape index (κ3) is 1.22. The van der Waals surface area contributed by atoms with Crippen molar-refractivity contribution in [3.05, 3.63) is 0 Å². The highest BCUT2D eigenvalue weighted by Gasteiger charge is 2.34. The van der Waals surface area contributed by atoms with Crippen LogP contribution in [0.15, 0.2) is 0 Å². The highest BCUT2D eigenvalue weighted by molar-refractivity contribution is 6.05. The molecule has 0 aromatic heterocycles. The average Bonchev–Trinajstić information content (AvgIpc) is 2.58. The first-order valence-corrected chi connectivity index (χ1v) is 4.16. The second-order valence-corrected chi connectivity index (χ2v) is 3.25. The zero-order chi connectivity index (χ0) is 8.55. The average molecular weight is 169 g/mol. The van der Waals surface area contributed by atoms with E-state index in [0.29, 0.717) is 19.8 Å². The van der Waals surface area contributed by atoms with Crippen LogP contribution in [0.1, 0.15) is 12.8 Å². The molecule has 2 aliphatic rings. The number of Topliss-reactive ketones (excluding diaryl/α,β-unsaturated/α-hetero) is 1. The SMILES string of the molecule is O=C1CC(=O)N([C@@H]2CCOC2)C1. The number of carbonyl (C=O) groups is 2. The maximum absolute atomic E-state index is 11.2. The molecule has 2 fully saturated rings. The second-order valence-electron chi connectivity index (χ2n) is 3.25. The zero-order valence-electron chi connectivity index (χ0n) is 6.78. The Bertz CT molecular complexity index is 220. The van der Waals surface area contributed by atoms with E-state index in [1.54, 1.807) is 4.90 Å². The Morgan fingerprint density at radius 1 is 1.42 bits per heavy atom. The molecule has 4 nitrogen and oxygen atoms in total. The van der Waals surface area contributed by atoms with Crippen LogP contribution in [0.4, 0.5) is 0 Å².